The molecule has 1 atom stereocenters. The zero-order valence-corrected chi connectivity index (χ0v) is 10.3. The predicted molar refractivity (Wildman–Crippen MR) is 67.3 cm³/mol. The normalized spacial score (nSPS) is 19.6. The van der Waals surface area contributed by atoms with Crippen molar-refractivity contribution in [2.75, 3.05) is 13.2 Å². The van der Waals surface area contributed by atoms with E-state index in [1.807, 2.05) is 0 Å². The Bertz CT molecular complexity index is 422. The van der Waals surface area contributed by atoms with Gasteiger partial charge in [0.25, 0.3) is 0 Å². The van der Waals surface area contributed by atoms with E-state index in [1.165, 1.54) is 12.8 Å². The molecule has 0 radical (unpaired) electrons. The first-order chi connectivity index (χ1) is 8.31. The standard InChI is InChI=1S/C13H15ClN2O/c14-12-5-3-6-13(11(12)8-15)17-9-10-4-1-2-7-16-10/h3,5-6,10,16H,1-2,4,7,9H2. The summed E-state index contributed by atoms with van der Waals surface area (Å²) in [5, 5.41) is 12.9. The van der Waals surface area contributed by atoms with Crippen LogP contribution in [0.1, 0.15) is 24.8 Å². The van der Waals surface area contributed by atoms with E-state index in [1.54, 1.807) is 18.2 Å². The van der Waals surface area contributed by atoms with Crippen molar-refractivity contribution in [3.63, 3.8) is 0 Å². The van der Waals surface area contributed by atoms with E-state index in [9.17, 15) is 0 Å². The van der Waals surface area contributed by atoms with Gasteiger partial charge in [-0.1, -0.05) is 24.1 Å². The monoisotopic (exact) mass is 250 g/mol. The van der Waals surface area contributed by atoms with Crippen LogP contribution in [0.2, 0.25) is 5.02 Å². The van der Waals surface area contributed by atoms with Gasteiger partial charge in [0.2, 0.25) is 0 Å². The fraction of sp³-hybridized carbons (Fsp3) is 0.462. The highest BCUT2D eigenvalue weighted by atomic mass is 35.5. The lowest BCUT2D eigenvalue weighted by Gasteiger charge is -2.23. The maximum Gasteiger partial charge on any atom is 0.138 e. The first-order valence-corrected chi connectivity index (χ1v) is 6.24. The lowest BCUT2D eigenvalue weighted by atomic mass is 10.1. The van der Waals surface area contributed by atoms with Crippen molar-refractivity contribution in [3.8, 4) is 11.8 Å². The maximum absolute atomic E-state index is 9.01. The number of hydrogen-bond acceptors (Lipinski definition) is 3. The summed E-state index contributed by atoms with van der Waals surface area (Å²) in [5.74, 6) is 0.576. The molecule has 4 heteroatoms. The molecule has 90 valence electrons. The molecular formula is C13H15ClN2O. The van der Waals surface area contributed by atoms with E-state index in [0.717, 1.165) is 13.0 Å². The molecule has 0 aliphatic carbocycles. The number of hydrogen-bond donors (Lipinski definition) is 1. The van der Waals surface area contributed by atoms with Crippen LogP contribution >= 0.6 is 11.6 Å². The third-order valence-electron chi connectivity index (χ3n) is 2.94. The summed E-state index contributed by atoms with van der Waals surface area (Å²) < 4.78 is 5.68. The molecule has 1 aromatic carbocycles. The molecule has 3 nitrogen and oxygen atoms in total. The van der Waals surface area contributed by atoms with Crippen LogP contribution in [0.3, 0.4) is 0 Å². The average molecular weight is 251 g/mol. The number of halogens is 1. The van der Waals surface area contributed by atoms with Crippen molar-refractivity contribution < 1.29 is 4.74 Å². The highest BCUT2D eigenvalue weighted by Gasteiger charge is 2.14. The van der Waals surface area contributed by atoms with Crippen molar-refractivity contribution in [1.29, 1.82) is 5.26 Å². The van der Waals surface area contributed by atoms with Gasteiger partial charge in [0.15, 0.2) is 0 Å². The van der Waals surface area contributed by atoms with Gasteiger partial charge < -0.3 is 10.1 Å². The van der Waals surface area contributed by atoms with E-state index in [4.69, 9.17) is 21.6 Å². The quantitative estimate of drug-likeness (QED) is 0.897. The fourth-order valence-electron chi connectivity index (χ4n) is 1.99. The van der Waals surface area contributed by atoms with Gasteiger partial charge in [-0.3, -0.25) is 0 Å². The van der Waals surface area contributed by atoms with E-state index in [2.05, 4.69) is 11.4 Å². The van der Waals surface area contributed by atoms with Crippen molar-refractivity contribution in [2.45, 2.75) is 25.3 Å². The molecule has 0 spiro atoms. The van der Waals surface area contributed by atoms with Gasteiger partial charge in [-0.05, 0) is 31.5 Å². The summed E-state index contributed by atoms with van der Waals surface area (Å²) in [5.41, 5.74) is 0.421. The highest BCUT2D eigenvalue weighted by molar-refractivity contribution is 6.31. The number of rotatable bonds is 3. The summed E-state index contributed by atoms with van der Waals surface area (Å²) in [6.45, 7) is 1.64. The summed E-state index contributed by atoms with van der Waals surface area (Å²) in [4.78, 5) is 0. The van der Waals surface area contributed by atoms with Crippen LogP contribution in [0.5, 0.6) is 5.75 Å². The second-order valence-corrected chi connectivity index (χ2v) is 4.59. The Morgan fingerprint density at radius 3 is 3.06 bits per heavy atom. The van der Waals surface area contributed by atoms with E-state index >= 15 is 0 Å². The largest absolute Gasteiger partial charge is 0.491 e. The number of ether oxygens (including phenoxy) is 1. The van der Waals surface area contributed by atoms with E-state index in [0.29, 0.717) is 29.0 Å². The molecule has 1 heterocycles. The molecule has 2 rings (SSSR count). The second-order valence-electron chi connectivity index (χ2n) is 4.18. The van der Waals surface area contributed by atoms with Crippen LogP contribution in [0, 0.1) is 11.3 Å². The molecule has 1 aliphatic heterocycles. The SMILES string of the molecule is N#Cc1c(Cl)cccc1OCC1CCCCN1. The number of nitrogens with zero attached hydrogens (tertiary/aromatic N) is 1. The van der Waals surface area contributed by atoms with Crippen molar-refractivity contribution in [3.05, 3.63) is 28.8 Å². The molecule has 1 aromatic rings. The Labute approximate surface area is 106 Å². The van der Waals surface area contributed by atoms with E-state index < -0.39 is 0 Å². The Morgan fingerprint density at radius 1 is 1.47 bits per heavy atom. The molecule has 0 amide bonds. The molecule has 0 bridgehead atoms. The third-order valence-corrected chi connectivity index (χ3v) is 3.25. The Morgan fingerprint density at radius 2 is 2.35 bits per heavy atom. The summed E-state index contributed by atoms with van der Waals surface area (Å²) >= 11 is 5.93. The minimum Gasteiger partial charge on any atom is -0.491 e. The van der Waals surface area contributed by atoms with E-state index in [-0.39, 0.29) is 0 Å². The average Bonchev–Trinajstić information content (AvgIpc) is 2.37. The third kappa shape index (κ3) is 3.12. The van der Waals surface area contributed by atoms with Crippen molar-refractivity contribution in [1.82, 2.24) is 5.32 Å². The van der Waals surface area contributed by atoms with Gasteiger partial charge in [-0.2, -0.15) is 5.26 Å². The van der Waals surface area contributed by atoms with Crippen LogP contribution in [-0.2, 0) is 0 Å². The molecule has 1 fully saturated rings. The first kappa shape index (κ1) is 12.2. The molecule has 1 unspecified atom stereocenters. The van der Waals surface area contributed by atoms with Crippen LogP contribution in [-0.4, -0.2) is 19.2 Å². The molecule has 1 saturated heterocycles. The maximum atomic E-state index is 9.01. The number of benzene rings is 1. The zero-order valence-electron chi connectivity index (χ0n) is 9.58. The fourth-order valence-corrected chi connectivity index (χ4v) is 2.20. The topological polar surface area (TPSA) is 45.0 Å². The minimum absolute atomic E-state index is 0.384. The number of nitriles is 1. The summed E-state index contributed by atoms with van der Waals surface area (Å²) in [6, 6.07) is 7.74. The number of piperidine rings is 1. The predicted octanol–water partition coefficient (Wildman–Crippen LogP) is 2.73. The molecule has 0 aromatic heterocycles. The highest BCUT2D eigenvalue weighted by Crippen LogP contribution is 2.25. The van der Waals surface area contributed by atoms with Crippen LogP contribution < -0.4 is 10.1 Å². The van der Waals surface area contributed by atoms with Gasteiger partial charge in [0.1, 0.15) is 24.0 Å². The number of nitrogens with one attached hydrogen (secondary N) is 1. The minimum atomic E-state index is 0.384. The first-order valence-electron chi connectivity index (χ1n) is 5.86. The van der Waals surface area contributed by atoms with Gasteiger partial charge in [-0.15, -0.1) is 0 Å². The van der Waals surface area contributed by atoms with Crippen molar-refractivity contribution in [2.24, 2.45) is 0 Å². The zero-order chi connectivity index (χ0) is 12.1. The molecule has 0 saturated carbocycles. The van der Waals surface area contributed by atoms with Gasteiger partial charge in [0.05, 0.1) is 5.02 Å². The Kier molecular flexibility index (Phi) is 4.24. The van der Waals surface area contributed by atoms with Gasteiger partial charge in [0, 0.05) is 6.04 Å². The molecular weight excluding hydrogens is 236 g/mol. The van der Waals surface area contributed by atoms with Crippen LogP contribution in [0.25, 0.3) is 0 Å². The lowest BCUT2D eigenvalue weighted by Crippen LogP contribution is -2.38. The van der Waals surface area contributed by atoms with Crippen molar-refractivity contribution >= 4 is 11.6 Å². The van der Waals surface area contributed by atoms with Crippen LogP contribution in [0.4, 0.5) is 0 Å². The van der Waals surface area contributed by atoms with Gasteiger partial charge in [-0.25, -0.2) is 0 Å². The molecule has 1 N–H and O–H groups in total. The Hall–Kier alpha value is -1.24. The summed E-state index contributed by atoms with van der Waals surface area (Å²) in [7, 11) is 0. The van der Waals surface area contributed by atoms with Gasteiger partial charge >= 0.3 is 0 Å². The summed E-state index contributed by atoms with van der Waals surface area (Å²) in [6.07, 6.45) is 3.60. The lowest BCUT2D eigenvalue weighted by molar-refractivity contribution is 0.238. The second kappa shape index (κ2) is 5.90. The molecule has 17 heavy (non-hydrogen) atoms. The Balaban J connectivity index is 1.99. The van der Waals surface area contributed by atoms with Crippen LogP contribution in [0.15, 0.2) is 18.2 Å². The molecule has 1 aliphatic rings. The smallest absolute Gasteiger partial charge is 0.138 e.